The summed E-state index contributed by atoms with van der Waals surface area (Å²) in [6.45, 7) is 3.43. The van der Waals surface area contributed by atoms with E-state index in [-0.39, 0.29) is 24.6 Å². The lowest BCUT2D eigenvalue weighted by molar-refractivity contribution is -0.132. The molecule has 0 radical (unpaired) electrons. The lowest BCUT2D eigenvalue weighted by atomic mass is 10.0. The largest absolute Gasteiger partial charge is 0.457 e. The molecule has 1 heterocycles. The SMILES string of the molecule is CC1(C)C(=O)N(Cc2ccccc2F)C(=O)N1Cc1ccc(Oc2cccc(C(N)=O)c2)cc1. The van der Waals surface area contributed by atoms with E-state index in [0.29, 0.717) is 17.1 Å². The van der Waals surface area contributed by atoms with Crippen LogP contribution in [-0.2, 0) is 17.9 Å². The number of carbonyl (C=O) groups excluding carboxylic acids is 3. The number of urea groups is 1. The van der Waals surface area contributed by atoms with Crippen LogP contribution < -0.4 is 10.5 Å². The molecule has 0 saturated carbocycles. The Balaban J connectivity index is 1.48. The van der Waals surface area contributed by atoms with E-state index >= 15 is 0 Å². The van der Waals surface area contributed by atoms with Gasteiger partial charge in [0.2, 0.25) is 5.91 Å². The predicted molar refractivity (Wildman–Crippen MR) is 123 cm³/mol. The molecule has 3 aromatic carbocycles. The highest BCUT2D eigenvalue weighted by atomic mass is 19.1. The van der Waals surface area contributed by atoms with Crippen LogP contribution in [0.3, 0.4) is 0 Å². The molecular weight excluding hydrogens is 437 g/mol. The van der Waals surface area contributed by atoms with Gasteiger partial charge in [-0.25, -0.2) is 9.18 Å². The Morgan fingerprint density at radius 3 is 2.32 bits per heavy atom. The number of rotatable bonds is 7. The van der Waals surface area contributed by atoms with Crippen LogP contribution >= 0.6 is 0 Å². The number of amides is 4. The van der Waals surface area contributed by atoms with E-state index in [1.54, 1.807) is 80.6 Å². The number of ether oxygens (including phenoxy) is 1. The van der Waals surface area contributed by atoms with E-state index in [1.165, 1.54) is 11.0 Å². The van der Waals surface area contributed by atoms with E-state index in [9.17, 15) is 18.8 Å². The van der Waals surface area contributed by atoms with Gasteiger partial charge in [0.1, 0.15) is 22.9 Å². The molecule has 1 saturated heterocycles. The Labute approximate surface area is 196 Å². The summed E-state index contributed by atoms with van der Waals surface area (Å²) in [7, 11) is 0. The first-order valence-corrected chi connectivity index (χ1v) is 10.7. The Morgan fingerprint density at radius 2 is 1.65 bits per heavy atom. The summed E-state index contributed by atoms with van der Waals surface area (Å²) in [6, 6.07) is 19.2. The van der Waals surface area contributed by atoms with Crippen molar-refractivity contribution >= 4 is 17.8 Å². The fourth-order valence-corrected chi connectivity index (χ4v) is 3.81. The van der Waals surface area contributed by atoms with Gasteiger partial charge in [0.05, 0.1) is 6.54 Å². The molecule has 7 nitrogen and oxygen atoms in total. The van der Waals surface area contributed by atoms with Crippen molar-refractivity contribution in [2.24, 2.45) is 5.73 Å². The van der Waals surface area contributed by atoms with E-state index in [4.69, 9.17) is 10.5 Å². The topological polar surface area (TPSA) is 92.9 Å². The van der Waals surface area contributed by atoms with E-state index in [0.717, 1.165) is 10.5 Å². The minimum atomic E-state index is -1.08. The molecule has 2 N–H and O–H groups in total. The van der Waals surface area contributed by atoms with Crippen LogP contribution in [0.2, 0.25) is 0 Å². The third-order valence-electron chi connectivity index (χ3n) is 5.81. The van der Waals surface area contributed by atoms with Gasteiger partial charge in [0.15, 0.2) is 0 Å². The fraction of sp³-hybridized carbons (Fsp3) is 0.192. The van der Waals surface area contributed by atoms with E-state index in [2.05, 4.69) is 0 Å². The van der Waals surface area contributed by atoms with Gasteiger partial charge in [-0.3, -0.25) is 14.5 Å². The number of benzene rings is 3. The lowest BCUT2D eigenvalue weighted by Crippen LogP contribution is -2.43. The molecule has 4 amide bonds. The number of nitrogens with two attached hydrogens (primary N) is 1. The van der Waals surface area contributed by atoms with Crippen molar-refractivity contribution in [1.82, 2.24) is 9.80 Å². The van der Waals surface area contributed by atoms with Crippen LogP contribution in [0.25, 0.3) is 0 Å². The number of hydrogen-bond acceptors (Lipinski definition) is 4. The van der Waals surface area contributed by atoms with Crippen LogP contribution in [-0.4, -0.2) is 33.2 Å². The van der Waals surface area contributed by atoms with Crippen molar-refractivity contribution in [3.8, 4) is 11.5 Å². The predicted octanol–water partition coefficient (Wildman–Crippen LogP) is 4.46. The zero-order valence-electron chi connectivity index (χ0n) is 18.8. The second-order valence-electron chi connectivity index (χ2n) is 8.55. The molecule has 1 fully saturated rings. The Kier molecular flexibility index (Phi) is 6.06. The minimum absolute atomic E-state index is 0.124. The van der Waals surface area contributed by atoms with Crippen LogP contribution in [0.4, 0.5) is 9.18 Å². The van der Waals surface area contributed by atoms with Crippen molar-refractivity contribution in [3.05, 3.63) is 95.3 Å². The van der Waals surface area contributed by atoms with Crippen molar-refractivity contribution in [2.75, 3.05) is 0 Å². The first-order chi connectivity index (χ1) is 16.2. The van der Waals surface area contributed by atoms with Crippen molar-refractivity contribution < 1.29 is 23.5 Å². The molecule has 1 aliphatic heterocycles. The van der Waals surface area contributed by atoms with Gasteiger partial charge in [-0.2, -0.15) is 0 Å². The second kappa shape index (κ2) is 8.97. The molecule has 0 spiro atoms. The summed E-state index contributed by atoms with van der Waals surface area (Å²) in [5.74, 6) is -0.382. The summed E-state index contributed by atoms with van der Waals surface area (Å²) < 4.78 is 19.9. The van der Waals surface area contributed by atoms with Gasteiger partial charge in [-0.15, -0.1) is 0 Å². The van der Waals surface area contributed by atoms with Crippen LogP contribution in [0.15, 0.2) is 72.8 Å². The number of halogens is 1. The van der Waals surface area contributed by atoms with Gasteiger partial charge < -0.3 is 15.4 Å². The second-order valence-corrected chi connectivity index (χ2v) is 8.55. The summed E-state index contributed by atoms with van der Waals surface area (Å²) in [5, 5.41) is 0. The number of primary amides is 1. The summed E-state index contributed by atoms with van der Waals surface area (Å²) in [6.07, 6.45) is 0. The maximum absolute atomic E-state index is 14.1. The quantitative estimate of drug-likeness (QED) is 0.526. The molecule has 0 bridgehead atoms. The zero-order valence-corrected chi connectivity index (χ0v) is 18.8. The third kappa shape index (κ3) is 4.47. The molecule has 0 aromatic heterocycles. The van der Waals surface area contributed by atoms with Crippen LogP contribution in [0.5, 0.6) is 11.5 Å². The van der Waals surface area contributed by atoms with Crippen molar-refractivity contribution in [1.29, 1.82) is 0 Å². The standard InChI is InChI=1S/C26H24FN3O4/c1-26(2)24(32)29(16-19-6-3-4-9-22(19)27)25(33)30(26)15-17-10-12-20(13-11-17)34-21-8-5-7-18(14-21)23(28)31/h3-14H,15-16H2,1-2H3,(H2,28,31). The molecule has 0 atom stereocenters. The number of carbonyl (C=O) groups is 3. The highest BCUT2D eigenvalue weighted by Gasteiger charge is 2.51. The first kappa shape index (κ1) is 23.0. The number of nitrogens with zero attached hydrogens (tertiary/aromatic N) is 2. The molecule has 0 aliphatic carbocycles. The highest BCUT2D eigenvalue weighted by Crippen LogP contribution is 2.31. The van der Waals surface area contributed by atoms with Gasteiger partial charge in [0, 0.05) is 17.7 Å². The van der Waals surface area contributed by atoms with E-state index in [1.807, 2.05) is 0 Å². The van der Waals surface area contributed by atoms with Gasteiger partial charge in [0.25, 0.3) is 5.91 Å². The Morgan fingerprint density at radius 1 is 0.941 bits per heavy atom. The van der Waals surface area contributed by atoms with Gasteiger partial charge in [-0.05, 0) is 55.8 Å². The molecule has 34 heavy (non-hydrogen) atoms. The summed E-state index contributed by atoms with van der Waals surface area (Å²) in [5.41, 5.74) is 5.64. The first-order valence-electron chi connectivity index (χ1n) is 10.7. The van der Waals surface area contributed by atoms with E-state index < -0.39 is 23.3 Å². The number of imide groups is 1. The fourth-order valence-electron chi connectivity index (χ4n) is 3.81. The maximum Gasteiger partial charge on any atom is 0.328 e. The maximum atomic E-state index is 14.1. The molecule has 1 aliphatic rings. The average Bonchev–Trinajstić information content (AvgIpc) is 2.96. The third-order valence-corrected chi connectivity index (χ3v) is 5.81. The zero-order chi connectivity index (χ0) is 24.5. The summed E-state index contributed by atoms with van der Waals surface area (Å²) >= 11 is 0. The average molecular weight is 461 g/mol. The highest BCUT2D eigenvalue weighted by molar-refractivity contribution is 6.06. The van der Waals surface area contributed by atoms with Crippen LogP contribution in [0, 0.1) is 5.82 Å². The van der Waals surface area contributed by atoms with Crippen molar-refractivity contribution in [2.45, 2.75) is 32.5 Å². The normalized spacial score (nSPS) is 15.0. The summed E-state index contributed by atoms with van der Waals surface area (Å²) in [4.78, 5) is 40.0. The molecule has 174 valence electrons. The van der Waals surface area contributed by atoms with Gasteiger partial charge >= 0.3 is 6.03 Å². The Hall–Kier alpha value is -4.20. The van der Waals surface area contributed by atoms with Gasteiger partial charge in [-0.1, -0.05) is 36.4 Å². The smallest absolute Gasteiger partial charge is 0.328 e. The van der Waals surface area contributed by atoms with Crippen molar-refractivity contribution in [3.63, 3.8) is 0 Å². The van der Waals surface area contributed by atoms with Crippen LogP contribution in [0.1, 0.15) is 35.3 Å². The number of hydrogen-bond donors (Lipinski definition) is 1. The Bertz CT molecular complexity index is 1260. The lowest BCUT2D eigenvalue weighted by Gasteiger charge is -2.27. The molecule has 0 unspecified atom stereocenters. The molecule has 4 rings (SSSR count). The molecule has 8 heteroatoms. The molecule has 3 aromatic rings. The molecular formula is C26H24FN3O4. The monoisotopic (exact) mass is 461 g/mol. The minimum Gasteiger partial charge on any atom is -0.457 e.